The van der Waals surface area contributed by atoms with Gasteiger partial charge in [-0.25, -0.2) is 8.42 Å². The number of sulfonamides is 1. The highest BCUT2D eigenvalue weighted by molar-refractivity contribution is 7.88. The quantitative estimate of drug-likeness (QED) is 0.733. The number of benzene rings is 1. The third-order valence-electron chi connectivity index (χ3n) is 3.28. The van der Waals surface area contributed by atoms with Crippen molar-refractivity contribution in [2.75, 3.05) is 33.0 Å². The molecule has 6 nitrogen and oxygen atoms in total. The second-order valence-corrected chi connectivity index (χ2v) is 7.88. The van der Waals surface area contributed by atoms with Crippen molar-refractivity contribution in [3.8, 4) is 5.75 Å². The second kappa shape index (κ2) is 8.88. The normalized spacial score (nSPS) is 11.7. The summed E-state index contributed by atoms with van der Waals surface area (Å²) in [5.41, 5.74) is 0.959. The largest absolute Gasteiger partial charge is 0.497 e. The number of hydrogen-bond donors (Lipinski definition) is 1. The van der Waals surface area contributed by atoms with E-state index < -0.39 is 10.0 Å². The van der Waals surface area contributed by atoms with Crippen LogP contribution < -0.4 is 10.1 Å². The first-order valence-electron chi connectivity index (χ1n) is 7.57. The van der Waals surface area contributed by atoms with E-state index in [2.05, 4.69) is 5.32 Å². The molecule has 0 spiro atoms. The SMILES string of the molecule is COc1cccc(CCN(CC(=O)NCC(C)C)S(C)(=O)=O)c1. The average molecular weight is 342 g/mol. The van der Waals surface area contributed by atoms with Gasteiger partial charge in [-0.2, -0.15) is 4.31 Å². The number of nitrogens with one attached hydrogen (secondary N) is 1. The Morgan fingerprint density at radius 2 is 2.04 bits per heavy atom. The Bertz CT molecular complexity index is 614. The van der Waals surface area contributed by atoms with Crippen LogP contribution in [0.15, 0.2) is 24.3 Å². The number of rotatable bonds is 9. The first kappa shape index (κ1) is 19.4. The minimum atomic E-state index is -3.44. The van der Waals surface area contributed by atoms with Gasteiger partial charge in [0.15, 0.2) is 0 Å². The molecule has 0 heterocycles. The van der Waals surface area contributed by atoms with Crippen molar-refractivity contribution in [1.29, 1.82) is 0 Å². The van der Waals surface area contributed by atoms with Gasteiger partial charge in [-0.1, -0.05) is 26.0 Å². The molecular weight excluding hydrogens is 316 g/mol. The van der Waals surface area contributed by atoms with Gasteiger partial charge in [0, 0.05) is 13.1 Å². The van der Waals surface area contributed by atoms with Crippen LogP contribution in [0.2, 0.25) is 0 Å². The summed E-state index contributed by atoms with van der Waals surface area (Å²) in [4.78, 5) is 11.9. The van der Waals surface area contributed by atoms with E-state index in [0.29, 0.717) is 18.9 Å². The van der Waals surface area contributed by atoms with E-state index in [1.807, 2.05) is 38.1 Å². The minimum Gasteiger partial charge on any atom is -0.497 e. The van der Waals surface area contributed by atoms with E-state index in [1.54, 1.807) is 7.11 Å². The second-order valence-electron chi connectivity index (χ2n) is 5.90. The molecule has 23 heavy (non-hydrogen) atoms. The Hall–Kier alpha value is -1.60. The van der Waals surface area contributed by atoms with Crippen molar-refractivity contribution < 1.29 is 17.9 Å². The van der Waals surface area contributed by atoms with Crippen molar-refractivity contribution in [1.82, 2.24) is 9.62 Å². The van der Waals surface area contributed by atoms with E-state index >= 15 is 0 Å². The molecular formula is C16H26N2O4S. The molecule has 0 radical (unpaired) electrons. The zero-order valence-corrected chi connectivity index (χ0v) is 15.0. The third-order valence-corrected chi connectivity index (χ3v) is 4.53. The van der Waals surface area contributed by atoms with Crippen LogP contribution >= 0.6 is 0 Å². The summed E-state index contributed by atoms with van der Waals surface area (Å²) < 4.78 is 30.1. The van der Waals surface area contributed by atoms with E-state index in [1.165, 1.54) is 4.31 Å². The van der Waals surface area contributed by atoms with Crippen molar-refractivity contribution in [3.63, 3.8) is 0 Å². The molecule has 7 heteroatoms. The van der Waals surface area contributed by atoms with Crippen molar-refractivity contribution in [2.24, 2.45) is 5.92 Å². The van der Waals surface area contributed by atoms with Crippen molar-refractivity contribution >= 4 is 15.9 Å². The van der Waals surface area contributed by atoms with Crippen LogP contribution in [-0.2, 0) is 21.2 Å². The molecule has 1 N–H and O–H groups in total. The Kier molecular flexibility index (Phi) is 7.51. The predicted octanol–water partition coefficient (Wildman–Crippen LogP) is 1.27. The summed E-state index contributed by atoms with van der Waals surface area (Å²) in [5, 5.41) is 2.74. The molecule has 1 aromatic rings. The van der Waals surface area contributed by atoms with Gasteiger partial charge in [-0.05, 0) is 30.0 Å². The van der Waals surface area contributed by atoms with Crippen molar-refractivity contribution in [3.05, 3.63) is 29.8 Å². The molecule has 0 unspecified atom stereocenters. The van der Waals surface area contributed by atoms with E-state index in [4.69, 9.17) is 4.74 Å². The number of methoxy groups -OCH3 is 1. The first-order chi connectivity index (χ1) is 10.7. The lowest BCUT2D eigenvalue weighted by molar-refractivity contribution is -0.121. The molecule has 0 saturated heterocycles. The maximum Gasteiger partial charge on any atom is 0.235 e. The van der Waals surface area contributed by atoms with Crippen LogP contribution in [0.4, 0.5) is 0 Å². The van der Waals surface area contributed by atoms with Gasteiger partial charge >= 0.3 is 0 Å². The third kappa shape index (κ3) is 7.47. The summed E-state index contributed by atoms with van der Waals surface area (Å²) in [5.74, 6) is 0.764. The van der Waals surface area contributed by atoms with Gasteiger partial charge < -0.3 is 10.1 Å². The molecule has 0 aliphatic heterocycles. The molecule has 0 atom stereocenters. The Morgan fingerprint density at radius 1 is 1.35 bits per heavy atom. The summed E-state index contributed by atoms with van der Waals surface area (Å²) in [6, 6.07) is 7.45. The standard InChI is InChI=1S/C16H26N2O4S/c1-13(2)11-17-16(19)12-18(23(4,20)21)9-8-14-6-5-7-15(10-14)22-3/h5-7,10,13H,8-9,11-12H2,1-4H3,(H,17,19). The average Bonchev–Trinajstić information content (AvgIpc) is 2.48. The van der Waals surface area contributed by atoms with Gasteiger partial charge in [-0.3, -0.25) is 4.79 Å². The fourth-order valence-corrected chi connectivity index (χ4v) is 2.75. The zero-order valence-electron chi connectivity index (χ0n) is 14.2. The lowest BCUT2D eigenvalue weighted by Crippen LogP contribution is -2.42. The minimum absolute atomic E-state index is 0.157. The maximum absolute atomic E-state index is 11.9. The monoisotopic (exact) mass is 342 g/mol. The van der Waals surface area contributed by atoms with Gasteiger partial charge in [0.2, 0.25) is 15.9 Å². The highest BCUT2D eigenvalue weighted by Gasteiger charge is 2.20. The van der Waals surface area contributed by atoms with E-state index in [0.717, 1.165) is 17.6 Å². The molecule has 0 bridgehead atoms. The summed E-state index contributed by atoms with van der Waals surface area (Å²) in [6.45, 7) is 4.59. The van der Waals surface area contributed by atoms with Gasteiger partial charge in [0.25, 0.3) is 0 Å². The molecule has 1 rings (SSSR count). The summed E-state index contributed by atoms with van der Waals surface area (Å²) in [6.07, 6.45) is 1.63. The van der Waals surface area contributed by atoms with Crippen molar-refractivity contribution in [2.45, 2.75) is 20.3 Å². The number of hydrogen-bond acceptors (Lipinski definition) is 4. The Labute approximate surface area is 138 Å². The first-order valence-corrected chi connectivity index (χ1v) is 9.42. The van der Waals surface area contributed by atoms with Gasteiger partial charge in [0.05, 0.1) is 19.9 Å². The highest BCUT2D eigenvalue weighted by atomic mass is 32.2. The lowest BCUT2D eigenvalue weighted by Gasteiger charge is -2.20. The number of amides is 1. The maximum atomic E-state index is 11.9. The fourth-order valence-electron chi connectivity index (χ4n) is 1.98. The molecule has 0 fully saturated rings. The van der Waals surface area contributed by atoms with Crippen LogP contribution in [0, 0.1) is 5.92 Å². The molecule has 0 aliphatic carbocycles. The highest BCUT2D eigenvalue weighted by Crippen LogP contribution is 2.13. The predicted molar refractivity (Wildman–Crippen MR) is 91.0 cm³/mol. The topological polar surface area (TPSA) is 75.7 Å². The van der Waals surface area contributed by atoms with E-state index in [-0.39, 0.29) is 19.0 Å². The molecule has 1 aromatic carbocycles. The fraction of sp³-hybridized carbons (Fsp3) is 0.562. The van der Waals surface area contributed by atoms with Crippen LogP contribution in [0.3, 0.4) is 0 Å². The molecule has 1 amide bonds. The molecule has 0 saturated carbocycles. The van der Waals surface area contributed by atoms with E-state index in [9.17, 15) is 13.2 Å². The molecule has 0 aliphatic rings. The smallest absolute Gasteiger partial charge is 0.235 e. The number of nitrogens with zero attached hydrogens (tertiary/aromatic N) is 1. The van der Waals surface area contributed by atoms with Crippen LogP contribution in [0.25, 0.3) is 0 Å². The zero-order chi connectivity index (χ0) is 17.5. The number of ether oxygens (including phenoxy) is 1. The van der Waals surface area contributed by atoms with Crippen LogP contribution in [0.1, 0.15) is 19.4 Å². The lowest BCUT2D eigenvalue weighted by atomic mass is 10.1. The number of carbonyl (C=O) groups excluding carboxylic acids is 1. The Balaban J connectivity index is 2.66. The van der Waals surface area contributed by atoms with Gasteiger partial charge in [-0.15, -0.1) is 0 Å². The summed E-state index contributed by atoms with van der Waals surface area (Å²) in [7, 11) is -1.86. The van der Waals surface area contributed by atoms with Crippen LogP contribution in [-0.4, -0.2) is 51.6 Å². The summed E-state index contributed by atoms with van der Waals surface area (Å²) >= 11 is 0. The molecule has 130 valence electrons. The molecule has 0 aromatic heterocycles. The van der Waals surface area contributed by atoms with Gasteiger partial charge in [0.1, 0.15) is 5.75 Å². The number of carbonyl (C=O) groups is 1. The van der Waals surface area contributed by atoms with Crippen LogP contribution in [0.5, 0.6) is 5.75 Å². The Morgan fingerprint density at radius 3 is 2.61 bits per heavy atom.